The van der Waals surface area contributed by atoms with Gasteiger partial charge in [0.05, 0.1) is 6.54 Å². The summed E-state index contributed by atoms with van der Waals surface area (Å²) in [7, 11) is 3.63. The minimum absolute atomic E-state index is 0. The maximum Gasteiger partial charge on any atom is 0.191 e. The molecule has 7 heteroatoms. The lowest BCUT2D eigenvalue weighted by Crippen LogP contribution is -2.36. The van der Waals surface area contributed by atoms with Crippen molar-refractivity contribution in [3.63, 3.8) is 0 Å². The average molecular weight is 476 g/mol. The molecule has 2 aromatic carbocycles. The van der Waals surface area contributed by atoms with E-state index in [1.165, 1.54) is 22.3 Å². The van der Waals surface area contributed by atoms with Crippen LogP contribution in [0.5, 0.6) is 0 Å². The van der Waals surface area contributed by atoms with Crippen LogP contribution < -0.4 is 10.6 Å². The molecule has 0 saturated carbocycles. The molecule has 0 saturated heterocycles. The Morgan fingerprint density at radius 2 is 1.74 bits per heavy atom. The zero-order valence-corrected chi connectivity index (χ0v) is 18.1. The van der Waals surface area contributed by atoms with Gasteiger partial charge in [0.2, 0.25) is 0 Å². The Morgan fingerprint density at radius 1 is 1.04 bits per heavy atom. The fourth-order valence-electron chi connectivity index (χ4n) is 2.73. The van der Waals surface area contributed by atoms with Gasteiger partial charge in [0, 0.05) is 20.6 Å². The van der Waals surface area contributed by atoms with Crippen molar-refractivity contribution in [2.75, 3.05) is 7.05 Å². The molecule has 3 aromatic rings. The summed E-state index contributed by atoms with van der Waals surface area (Å²) in [6.45, 7) is 3.37. The van der Waals surface area contributed by atoms with Crippen molar-refractivity contribution in [1.29, 1.82) is 0 Å². The van der Waals surface area contributed by atoms with E-state index in [-0.39, 0.29) is 24.0 Å². The first-order valence-corrected chi connectivity index (χ1v) is 8.59. The maximum absolute atomic E-state index is 4.26. The van der Waals surface area contributed by atoms with Gasteiger partial charge in [-0.15, -0.1) is 24.0 Å². The lowest BCUT2D eigenvalue weighted by Gasteiger charge is -2.12. The van der Waals surface area contributed by atoms with Gasteiger partial charge in [-0.2, -0.15) is 5.10 Å². The number of hydrogen-bond donors (Lipinski definition) is 2. The molecule has 1 aromatic heterocycles. The van der Waals surface area contributed by atoms with E-state index in [1.807, 2.05) is 7.05 Å². The van der Waals surface area contributed by atoms with Gasteiger partial charge in [0.15, 0.2) is 5.96 Å². The van der Waals surface area contributed by atoms with E-state index in [9.17, 15) is 0 Å². The van der Waals surface area contributed by atoms with Gasteiger partial charge in [0.1, 0.15) is 12.2 Å². The fraction of sp³-hybridized carbons (Fsp3) is 0.250. The Morgan fingerprint density at radius 3 is 2.41 bits per heavy atom. The highest BCUT2D eigenvalue weighted by Crippen LogP contribution is 2.21. The minimum Gasteiger partial charge on any atom is -0.352 e. The molecule has 0 aliphatic rings. The molecule has 0 aliphatic carbocycles. The van der Waals surface area contributed by atoms with Crippen molar-refractivity contribution in [2.45, 2.75) is 20.0 Å². The van der Waals surface area contributed by atoms with Crippen molar-refractivity contribution in [3.05, 3.63) is 71.8 Å². The summed E-state index contributed by atoms with van der Waals surface area (Å²) in [4.78, 5) is 8.46. The zero-order chi connectivity index (χ0) is 18.4. The number of aliphatic imine (C=N–C) groups is 1. The molecule has 1 heterocycles. The number of hydrogen-bond acceptors (Lipinski definition) is 3. The predicted molar refractivity (Wildman–Crippen MR) is 120 cm³/mol. The second-order valence-electron chi connectivity index (χ2n) is 6.15. The summed E-state index contributed by atoms with van der Waals surface area (Å²) in [5, 5.41) is 10.7. The van der Waals surface area contributed by atoms with E-state index in [1.54, 1.807) is 18.1 Å². The summed E-state index contributed by atoms with van der Waals surface area (Å²) in [5.41, 5.74) is 4.91. The second kappa shape index (κ2) is 10.1. The molecule has 0 fully saturated rings. The van der Waals surface area contributed by atoms with E-state index in [0.717, 1.165) is 11.8 Å². The monoisotopic (exact) mass is 476 g/mol. The van der Waals surface area contributed by atoms with Gasteiger partial charge >= 0.3 is 0 Å². The Labute approximate surface area is 177 Å². The van der Waals surface area contributed by atoms with Crippen LogP contribution in [0.2, 0.25) is 0 Å². The topological polar surface area (TPSA) is 67.1 Å². The first-order chi connectivity index (χ1) is 12.7. The molecule has 6 nitrogen and oxygen atoms in total. The van der Waals surface area contributed by atoms with Crippen LogP contribution in [0, 0.1) is 6.92 Å². The average Bonchev–Trinajstić information content (AvgIpc) is 3.07. The normalized spacial score (nSPS) is 11.0. The number of benzene rings is 2. The van der Waals surface area contributed by atoms with Gasteiger partial charge in [0.25, 0.3) is 0 Å². The van der Waals surface area contributed by atoms with E-state index < -0.39 is 0 Å². The predicted octanol–water partition coefficient (Wildman–Crippen LogP) is 3.27. The van der Waals surface area contributed by atoms with E-state index in [2.05, 4.69) is 81.2 Å². The number of guanidine groups is 1. The highest BCUT2D eigenvalue weighted by Gasteiger charge is 2.04. The number of aryl methyl sites for hydroxylation is 2. The summed E-state index contributed by atoms with van der Waals surface area (Å²) >= 11 is 0. The van der Waals surface area contributed by atoms with Crippen LogP contribution in [-0.2, 0) is 20.1 Å². The first kappa shape index (κ1) is 20.9. The number of rotatable bonds is 5. The van der Waals surface area contributed by atoms with Crippen molar-refractivity contribution < 1.29 is 0 Å². The smallest absolute Gasteiger partial charge is 0.191 e. The van der Waals surface area contributed by atoms with Crippen LogP contribution in [0.3, 0.4) is 0 Å². The van der Waals surface area contributed by atoms with Crippen LogP contribution >= 0.6 is 24.0 Å². The number of halogens is 1. The van der Waals surface area contributed by atoms with Gasteiger partial charge in [-0.1, -0.05) is 48.0 Å². The third-order valence-corrected chi connectivity index (χ3v) is 4.18. The SMILES string of the molecule is CN=C(NCc1cccc(-c2cccc(C)c2)c1)NCc1ncnn1C.I. The van der Waals surface area contributed by atoms with Gasteiger partial charge in [-0.25, -0.2) is 4.98 Å². The maximum atomic E-state index is 4.26. The molecule has 0 spiro atoms. The van der Waals surface area contributed by atoms with Crippen molar-refractivity contribution in [1.82, 2.24) is 25.4 Å². The zero-order valence-electron chi connectivity index (χ0n) is 15.8. The number of nitrogens with zero attached hydrogens (tertiary/aromatic N) is 4. The molecule has 27 heavy (non-hydrogen) atoms. The Hall–Kier alpha value is -2.42. The molecule has 0 amide bonds. The fourth-order valence-corrected chi connectivity index (χ4v) is 2.73. The molecular weight excluding hydrogens is 451 g/mol. The van der Waals surface area contributed by atoms with E-state index in [4.69, 9.17) is 0 Å². The van der Waals surface area contributed by atoms with Gasteiger partial charge in [-0.05, 0) is 29.7 Å². The van der Waals surface area contributed by atoms with Crippen LogP contribution in [0.15, 0.2) is 59.9 Å². The molecule has 0 aliphatic heterocycles. The van der Waals surface area contributed by atoms with Crippen LogP contribution in [-0.4, -0.2) is 27.8 Å². The lowest BCUT2D eigenvalue weighted by molar-refractivity contribution is 0.672. The highest BCUT2D eigenvalue weighted by molar-refractivity contribution is 14.0. The summed E-state index contributed by atoms with van der Waals surface area (Å²) in [6.07, 6.45) is 1.55. The molecule has 2 N–H and O–H groups in total. The van der Waals surface area contributed by atoms with Crippen LogP contribution in [0.4, 0.5) is 0 Å². The molecule has 0 radical (unpaired) electrons. The van der Waals surface area contributed by atoms with E-state index in [0.29, 0.717) is 13.1 Å². The number of nitrogens with one attached hydrogen (secondary N) is 2. The molecule has 0 bridgehead atoms. The molecule has 0 unspecified atom stereocenters. The first-order valence-electron chi connectivity index (χ1n) is 8.59. The van der Waals surface area contributed by atoms with Crippen molar-refractivity contribution in [3.8, 4) is 11.1 Å². The molecule has 142 valence electrons. The summed E-state index contributed by atoms with van der Waals surface area (Å²) in [6, 6.07) is 17.1. The largest absolute Gasteiger partial charge is 0.352 e. The lowest BCUT2D eigenvalue weighted by atomic mass is 10.0. The summed E-state index contributed by atoms with van der Waals surface area (Å²) in [5.74, 6) is 1.59. The number of aromatic nitrogens is 3. The third-order valence-electron chi connectivity index (χ3n) is 4.18. The molecule has 0 atom stereocenters. The van der Waals surface area contributed by atoms with Crippen molar-refractivity contribution >= 4 is 29.9 Å². The Balaban J connectivity index is 0.00000261. The Bertz CT molecular complexity index is 903. The summed E-state index contributed by atoms with van der Waals surface area (Å²) < 4.78 is 1.74. The second-order valence-corrected chi connectivity index (χ2v) is 6.15. The highest BCUT2D eigenvalue weighted by atomic mass is 127. The van der Waals surface area contributed by atoms with Crippen molar-refractivity contribution in [2.24, 2.45) is 12.0 Å². The van der Waals surface area contributed by atoms with Crippen LogP contribution in [0.25, 0.3) is 11.1 Å². The molecular formula is C20H25IN6. The van der Waals surface area contributed by atoms with Gasteiger partial charge in [-0.3, -0.25) is 9.67 Å². The van der Waals surface area contributed by atoms with Gasteiger partial charge < -0.3 is 10.6 Å². The minimum atomic E-state index is 0. The third kappa shape index (κ3) is 5.78. The standard InChI is InChI=1S/C20H24N6.HI/c1-15-6-4-8-17(10-15)18-9-5-7-16(11-18)12-22-20(21-2)23-13-19-24-14-25-26(19)3;/h4-11,14H,12-13H2,1-3H3,(H2,21,22,23);1H. The van der Waals surface area contributed by atoms with Crippen LogP contribution in [0.1, 0.15) is 17.0 Å². The van der Waals surface area contributed by atoms with E-state index >= 15 is 0 Å². The molecule has 3 rings (SSSR count). The quantitative estimate of drug-likeness (QED) is 0.337. The Kier molecular flexibility index (Phi) is 7.78.